The van der Waals surface area contributed by atoms with Gasteiger partial charge < -0.3 is 14.4 Å². The van der Waals surface area contributed by atoms with Crippen LogP contribution in [0.5, 0.6) is 0 Å². The number of hydroxylamine groups is 1. The molecule has 0 radical (unpaired) electrons. The minimum absolute atomic E-state index is 0.0647. The van der Waals surface area contributed by atoms with Crippen LogP contribution >= 0.6 is 0 Å². The minimum Gasteiger partial charge on any atom is -0.475 e. The van der Waals surface area contributed by atoms with Crippen molar-refractivity contribution < 1.29 is 19.2 Å². The number of carboxylic acids is 1. The molecule has 2 N–H and O–H groups in total. The minimum atomic E-state index is -1.07. The summed E-state index contributed by atoms with van der Waals surface area (Å²) >= 11 is 0. The van der Waals surface area contributed by atoms with Crippen LogP contribution in [0.15, 0.2) is 16.5 Å². The first-order valence-corrected chi connectivity index (χ1v) is 4.35. The van der Waals surface area contributed by atoms with Gasteiger partial charge in [0, 0.05) is 0 Å². The summed E-state index contributed by atoms with van der Waals surface area (Å²) in [4.78, 5) is 15.5. The number of furan rings is 1. The first-order valence-electron chi connectivity index (χ1n) is 4.35. The van der Waals surface area contributed by atoms with Crippen LogP contribution in [-0.2, 0) is 4.84 Å². The standard InChI is InChI=1S/C9H13NO4/c1-3-13-10-6(2)7-4-5-8(14-7)9(11)12/h4-6,10H,3H2,1-2H3,(H,11,12). The molecule has 0 spiro atoms. The molecule has 5 heteroatoms. The molecule has 0 saturated heterocycles. The fourth-order valence-electron chi connectivity index (χ4n) is 0.967. The Morgan fingerprint density at radius 3 is 2.93 bits per heavy atom. The number of aromatic carboxylic acids is 1. The van der Waals surface area contributed by atoms with E-state index in [9.17, 15) is 4.79 Å². The van der Waals surface area contributed by atoms with E-state index in [4.69, 9.17) is 14.4 Å². The van der Waals surface area contributed by atoms with Crippen molar-refractivity contribution in [3.8, 4) is 0 Å². The van der Waals surface area contributed by atoms with E-state index < -0.39 is 5.97 Å². The maximum absolute atomic E-state index is 10.5. The van der Waals surface area contributed by atoms with Gasteiger partial charge in [-0.15, -0.1) is 0 Å². The van der Waals surface area contributed by atoms with Crippen LogP contribution in [0, 0.1) is 0 Å². The average molecular weight is 199 g/mol. The third kappa shape index (κ3) is 2.58. The summed E-state index contributed by atoms with van der Waals surface area (Å²) in [6.07, 6.45) is 0. The van der Waals surface area contributed by atoms with Crippen LogP contribution in [0.2, 0.25) is 0 Å². The fraction of sp³-hybridized carbons (Fsp3) is 0.444. The van der Waals surface area contributed by atoms with Crippen molar-refractivity contribution in [1.82, 2.24) is 5.48 Å². The van der Waals surface area contributed by atoms with Gasteiger partial charge in [0.15, 0.2) is 0 Å². The number of rotatable bonds is 5. The van der Waals surface area contributed by atoms with Crippen molar-refractivity contribution in [2.24, 2.45) is 0 Å². The summed E-state index contributed by atoms with van der Waals surface area (Å²) in [6, 6.07) is 2.87. The summed E-state index contributed by atoms with van der Waals surface area (Å²) in [7, 11) is 0. The first-order chi connectivity index (χ1) is 6.65. The lowest BCUT2D eigenvalue weighted by molar-refractivity contribution is 0.0229. The molecule has 14 heavy (non-hydrogen) atoms. The van der Waals surface area contributed by atoms with E-state index in [-0.39, 0.29) is 11.8 Å². The Morgan fingerprint density at radius 2 is 2.43 bits per heavy atom. The van der Waals surface area contributed by atoms with Crippen molar-refractivity contribution in [2.45, 2.75) is 19.9 Å². The van der Waals surface area contributed by atoms with E-state index in [2.05, 4.69) is 5.48 Å². The smallest absolute Gasteiger partial charge is 0.371 e. The monoisotopic (exact) mass is 199 g/mol. The van der Waals surface area contributed by atoms with Crippen molar-refractivity contribution in [1.29, 1.82) is 0 Å². The van der Waals surface area contributed by atoms with E-state index in [1.165, 1.54) is 6.07 Å². The maximum Gasteiger partial charge on any atom is 0.371 e. The molecule has 0 fully saturated rings. The molecule has 0 aliphatic heterocycles. The summed E-state index contributed by atoms with van der Waals surface area (Å²) in [5.74, 6) is -0.596. The van der Waals surface area contributed by atoms with E-state index in [0.29, 0.717) is 12.4 Å². The van der Waals surface area contributed by atoms with Gasteiger partial charge in [-0.3, -0.25) is 0 Å². The van der Waals surface area contributed by atoms with Gasteiger partial charge in [-0.1, -0.05) is 0 Å². The summed E-state index contributed by atoms with van der Waals surface area (Å²) in [5.41, 5.74) is 2.71. The maximum atomic E-state index is 10.5. The van der Waals surface area contributed by atoms with E-state index in [1.807, 2.05) is 13.8 Å². The van der Waals surface area contributed by atoms with E-state index >= 15 is 0 Å². The third-order valence-corrected chi connectivity index (χ3v) is 1.67. The van der Waals surface area contributed by atoms with Crippen LogP contribution in [0.3, 0.4) is 0 Å². The second-order valence-electron chi connectivity index (χ2n) is 2.78. The molecule has 0 aromatic carbocycles. The molecular weight excluding hydrogens is 186 g/mol. The van der Waals surface area contributed by atoms with Crippen molar-refractivity contribution in [2.75, 3.05) is 6.61 Å². The number of carbonyl (C=O) groups is 1. The summed E-state index contributed by atoms with van der Waals surface area (Å²) < 4.78 is 5.06. The molecule has 1 unspecified atom stereocenters. The van der Waals surface area contributed by atoms with Crippen LogP contribution in [0.4, 0.5) is 0 Å². The molecule has 0 saturated carbocycles. The molecule has 0 aliphatic rings. The Labute approximate surface area is 81.6 Å². The number of carboxylic acid groups (broad SMARTS) is 1. The third-order valence-electron chi connectivity index (χ3n) is 1.67. The highest BCUT2D eigenvalue weighted by atomic mass is 16.6. The molecule has 0 amide bonds. The zero-order valence-corrected chi connectivity index (χ0v) is 8.11. The normalized spacial score (nSPS) is 12.7. The lowest BCUT2D eigenvalue weighted by atomic mass is 10.3. The lowest BCUT2D eigenvalue weighted by Crippen LogP contribution is -2.18. The van der Waals surface area contributed by atoms with Gasteiger partial charge in [-0.2, -0.15) is 5.48 Å². The van der Waals surface area contributed by atoms with E-state index in [1.54, 1.807) is 6.07 Å². The topological polar surface area (TPSA) is 71.7 Å². The van der Waals surface area contributed by atoms with Gasteiger partial charge >= 0.3 is 5.97 Å². The largest absolute Gasteiger partial charge is 0.475 e. The van der Waals surface area contributed by atoms with E-state index in [0.717, 1.165) is 0 Å². The van der Waals surface area contributed by atoms with Crippen LogP contribution in [-0.4, -0.2) is 17.7 Å². The van der Waals surface area contributed by atoms with Crippen LogP contribution < -0.4 is 5.48 Å². The van der Waals surface area contributed by atoms with Crippen molar-refractivity contribution in [3.05, 3.63) is 23.7 Å². The molecule has 1 aromatic rings. The van der Waals surface area contributed by atoms with Gasteiger partial charge in [0.05, 0.1) is 12.6 Å². The van der Waals surface area contributed by atoms with Gasteiger partial charge in [0.25, 0.3) is 0 Å². The molecule has 78 valence electrons. The first kappa shape index (κ1) is 10.7. The zero-order valence-electron chi connectivity index (χ0n) is 8.11. The van der Waals surface area contributed by atoms with Gasteiger partial charge in [-0.25, -0.2) is 4.79 Å². The summed E-state index contributed by atoms with van der Waals surface area (Å²) in [6.45, 7) is 4.21. The molecule has 1 heterocycles. The van der Waals surface area contributed by atoms with Gasteiger partial charge in [0.2, 0.25) is 5.76 Å². The molecule has 1 rings (SSSR count). The molecule has 1 atom stereocenters. The Bertz CT molecular complexity index is 308. The predicted octanol–water partition coefficient (Wildman–Crippen LogP) is 1.58. The van der Waals surface area contributed by atoms with Crippen LogP contribution in [0.1, 0.15) is 36.2 Å². The predicted molar refractivity (Wildman–Crippen MR) is 48.8 cm³/mol. The highest BCUT2D eigenvalue weighted by Crippen LogP contribution is 2.15. The van der Waals surface area contributed by atoms with Crippen molar-refractivity contribution in [3.63, 3.8) is 0 Å². The highest BCUT2D eigenvalue weighted by molar-refractivity contribution is 5.84. The molecule has 5 nitrogen and oxygen atoms in total. The Hall–Kier alpha value is -1.33. The van der Waals surface area contributed by atoms with Gasteiger partial charge in [-0.05, 0) is 26.0 Å². The molecular formula is C9H13NO4. The molecule has 0 bridgehead atoms. The number of hydrogen-bond donors (Lipinski definition) is 2. The SMILES string of the molecule is CCONC(C)c1ccc(C(=O)O)o1. The molecule has 1 aromatic heterocycles. The fourth-order valence-corrected chi connectivity index (χ4v) is 0.967. The second kappa shape index (κ2) is 4.78. The zero-order chi connectivity index (χ0) is 10.6. The Balaban J connectivity index is 2.61. The quantitative estimate of drug-likeness (QED) is 0.704. The second-order valence-corrected chi connectivity index (χ2v) is 2.78. The molecule has 0 aliphatic carbocycles. The lowest BCUT2D eigenvalue weighted by Gasteiger charge is -2.09. The Morgan fingerprint density at radius 1 is 1.71 bits per heavy atom. The van der Waals surface area contributed by atoms with Crippen molar-refractivity contribution >= 4 is 5.97 Å². The number of hydrogen-bond acceptors (Lipinski definition) is 4. The number of nitrogens with one attached hydrogen (secondary N) is 1. The Kier molecular flexibility index (Phi) is 3.67. The summed E-state index contributed by atoms with van der Waals surface area (Å²) in [5, 5.41) is 8.61. The van der Waals surface area contributed by atoms with Crippen LogP contribution in [0.25, 0.3) is 0 Å². The average Bonchev–Trinajstić information content (AvgIpc) is 2.62. The van der Waals surface area contributed by atoms with Gasteiger partial charge in [0.1, 0.15) is 5.76 Å². The highest BCUT2D eigenvalue weighted by Gasteiger charge is 2.13.